The lowest BCUT2D eigenvalue weighted by Crippen LogP contribution is -2.46. The Morgan fingerprint density at radius 2 is 1.62 bits per heavy atom. The van der Waals surface area contributed by atoms with E-state index < -0.39 is 10.0 Å². The lowest BCUT2D eigenvalue weighted by Gasteiger charge is -2.31. The van der Waals surface area contributed by atoms with Crippen molar-refractivity contribution in [3.05, 3.63) is 77.2 Å². The molecule has 1 aromatic heterocycles. The maximum absolute atomic E-state index is 13.9. The van der Waals surface area contributed by atoms with Crippen molar-refractivity contribution in [2.24, 2.45) is 0 Å². The monoisotopic (exact) mass is 597 g/mol. The number of sulfonamides is 1. The standard InChI is InChI=1S/C32H43N3O6S/c1-25-8-13-29(14-9-25)42(37,38)35(21-20-33-17-6-5-7-18-33)24-32(36)34(23-28-12-10-26(2)41-28)19-16-27-11-15-30(39-3)31(22-27)40-4/h8-15,22H,5-7,16-21,23-24H2,1-4H3. The van der Waals surface area contributed by atoms with Gasteiger partial charge in [-0.15, -0.1) is 0 Å². The predicted molar refractivity (Wildman–Crippen MR) is 162 cm³/mol. The molecule has 0 spiro atoms. The molecule has 3 aromatic rings. The number of aryl methyl sites for hydroxylation is 2. The van der Waals surface area contributed by atoms with Crippen LogP contribution in [0.25, 0.3) is 0 Å². The lowest BCUT2D eigenvalue weighted by molar-refractivity contribution is -0.132. The van der Waals surface area contributed by atoms with Crippen molar-refractivity contribution in [3.63, 3.8) is 0 Å². The van der Waals surface area contributed by atoms with E-state index in [1.54, 1.807) is 43.4 Å². The van der Waals surface area contributed by atoms with Crippen LogP contribution in [0.3, 0.4) is 0 Å². The molecule has 1 amide bonds. The summed E-state index contributed by atoms with van der Waals surface area (Å²) in [5, 5.41) is 0. The molecule has 0 aliphatic carbocycles. The van der Waals surface area contributed by atoms with E-state index in [1.807, 2.05) is 44.2 Å². The van der Waals surface area contributed by atoms with E-state index in [4.69, 9.17) is 13.9 Å². The summed E-state index contributed by atoms with van der Waals surface area (Å²) in [6.45, 7) is 6.85. The molecule has 1 saturated heterocycles. The van der Waals surface area contributed by atoms with Gasteiger partial charge < -0.3 is 23.7 Å². The number of ether oxygens (including phenoxy) is 2. The van der Waals surface area contributed by atoms with Gasteiger partial charge in [0.05, 0.1) is 32.2 Å². The van der Waals surface area contributed by atoms with Gasteiger partial charge in [-0.25, -0.2) is 8.42 Å². The zero-order valence-electron chi connectivity index (χ0n) is 25.2. The number of furan rings is 1. The molecule has 228 valence electrons. The van der Waals surface area contributed by atoms with Gasteiger partial charge in [0.15, 0.2) is 11.5 Å². The smallest absolute Gasteiger partial charge is 0.243 e. The largest absolute Gasteiger partial charge is 0.493 e. The van der Waals surface area contributed by atoms with Gasteiger partial charge in [0, 0.05) is 19.6 Å². The maximum atomic E-state index is 13.9. The van der Waals surface area contributed by atoms with E-state index in [9.17, 15) is 13.2 Å². The Hall–Kier alpha value is -3.34. The zero-order chi connectivity index (χ0) is 30.1. The molecule has 1 aliphatic heterocycles. The SMILES string of the molecule is COc1ccc(CCN(Cc2ccc(C)o2)C(=O)CN(CCN2CCCCC2)S(=O)(=O)c2ccc(C)cc2)cc1OC. The van der Waals surface area contributed by atoms with Crippen LogP contribution < -0.4 is 9.47 Å². The van der Waals surface area contributed by atoms with Gasteiger partial charge in [0.25, 0.3) is 0 Å². The fraction of sp³-hybridized carbons (Fsp3) is 0.469. The minimum Gasteiger partial charge on any atom is -0.493 e. The average molecular weight is 598 g/mol. The van der Waals surface area contributed by atoms with Gasteiger partial charge >= 0.3 is 0 Å². The number of amides is 1. The Balaban J connectivity index is 1.56. The number of piperidine rings is 1. The second kappa shape index (κ2) is 14.7. The molecule has 0 saturated carbocycles. The number of benzene rings is 2. The minimum atomic E-state index is -3.89. The molecule has 9 nitrogen and oxygen atoms in total. The van der Waals surface area contributed by atoms with Gasteiger partial charge in [-0.3, -0.25) is 4.79 Å². The third-order valence-electron chi connectivity index (χ3n) is 7.70. The van der Waals surface area contributed by atoms with Crippen LogP contribution in [0.15, 0.2) is 63.9 Å². The van der Waals surface area contributed by atoms with Crippen molar-refractivity contribution in [1.82, 2.24) is 14.1 Å². The molecule has 10 heteroatoms. The molecule has 4 rings (SSSR count). The Labute approximate surface area is 250 Å². The first kappa shape index (κ1) is 31.6. The van der Waals surface area contributed by atoms with E-state index in [0.29, 0.717) is 36.8 Å². The first-order valence-electron chi connectivity index (χ1n) is 14.5. The average Bonchev–Trinajstić information content (AvgIpc) is 3.41. The number of rotatable bonds is 14. The summed E-state index contributed by atoms with van der Waals surface area (Å²) in [6.07, 6.45) is 3.96. The van der Waals surface area contributed by atoms with E-state index in [-0.39, 0.29) is 30.4 Å². The first-order valence-corrected chi connectivity index (χ1v) is 16.0. The second-order valence-electron chi connectivity index (χ2n) is 10.8. The molecule has 0 radical (unpaired) electrons. The number of nitrogens with zero attached hydrogens (tertiary/aromatic N) is 3. The number of methoxy groups -OCH3 is 2. The third kappa shape index (κ3) is 8.36. The topological polar surface area (TPSA) is 92.5 Å². The minimum absolute atomic E-state index is 0.193. The lowest BCUT2D eigenvalue weighted by atomic mass is 10.1. The number of carbonyl (C=O) groups excluding carboxylic acids is 1. The maximum Gasteiger partial charge on any atom is 0.243 e. The summed E-state index contributed by atoms with van der Waals surface area (Å²) in [6, 6.07) is 16.2. The van der Waals surface area contributed by atoms with E-state index in [1.165, 1.54) is 10.7 Å². The molecule has 0 atom stereocenters. The van der Waals surface area contributed by atoms with Crippen molar-refractivity contribution < 1.29 is 27.1 Å². The number of carbonyl (C=O) groups is 1. The van der Waals surface area contributed by atoms with Crippen molar-refractivity contribution in [1.29, 1.82) is 0 Å². The van der Waals surface area contributed by atoms with Crippen LogP contribution in [0.5, 0.6) is 11.5 Å². The van der Waals surface area contributed by atoms with E-state index >= 15 is 0 Å². The van der Waals surface area contributed by atoms with Crippen LogP contribution in [0, 0.1) is 13.8 Å². The molecule has 0 bridgehead atoms. The summed E-state index contributed by atoms with van der Waals surface area (Å²) >= 11 is 0. The summed E-state index contributed by atoms with van der Waals surface area (Å²) in [4.78, 5) is 18.1. The number of hydrogen-bond acceptors (Lipinski definition) is 7. The van der Waals surface area contributed by atoms with Crippen molar-refractivity contribution >= 4 is 15.9 Å². The summed E-state index contributed by atoms with van der Waals surface area (Å²) in [7, 11) is -0.719. The molecule has 2 heterocycles. The van der Waals surface area contributed by atoms with Crippen LogP contribution in [0.2, 0.25) is 0 Å². The van der Waals surface area contributed by atoms with Crippen LogP contribution in [-0.2, 0) is 27.8 Å². The molecular formula is C32H43N3O6S. The second-order valence-corrected chi connectivity index (χ2v) is 12.8. The van der Waals surface area contributed by atoms with Crippen molar-refractivity contribution in [2.45, 2.75) is 51.0 Å². The fourth-order valence-electron chi connectivity index (χ4n) is 5.18. The summed E-state index contributed by atoms with van der Waals surface area (Å²) < 4.78 is 45.6. The van der Waals surface area contributed by atoms with E-state index in [2.05, 4.69) is 4.90 Å². The number of likely N-dealkylation sites (tertiary alicyclic amines) is 1. The van der Waals surface area contributed by atoms with Gasteiger partial charge in [0.2, 0.25) is 15.9 Å². The van der Waals surface area contributed by atoms with Crippen molar-refractivity contribution in [3.8, 4) is 11.5 Å². The Bertz CT molecular complexity index is 1410. The molecule has 0 N–H and O–H groups in total. The molecule has 0 unspecified atom stereocenters. The van der Waals surface area contributed by atoms with Gasteiger partial charge in [0.1, 0.15) is 11.5 Å². The first-order chi connectivity index (χ1) is 20.2. The Kier molecular flexibility index (Phi) is 11.1. The zero-order valence-corrected chi connectivity index (χ0v) is 26.0. The van der Waals surface area contributed by atoms with Crippen LogP contribution in [-0.4, -0.2) is 81.9 Å². The van der Waals surface area contributed by atoms with E-state index in [0.717, 1.165) is 42.8 Å². The van der Waals surface area contributed by atoms with Crippen molar-refractivity contribution in [2.75, 3.05) is 53.5 Å². The highest BCUT2D eigenvalue weighted by Gasteiger charge is 2.29. The highest BCUT2D eigenvalue weighted by Crippen LogP contribution is 2.28. The van der Waals surface area contributed by atoms with Crippen LogP contribution in [0.1, 0.15) is 41.9 Å². The van der Waals surface area contributed by atoms with Gasteiger partial charge in [-0.1, -0.05) is 30.2 Å². The molecular weight excluding hydrogens is 554 g/mol. The third-order valence-corrected chi connectivity index (χ3v) is 9.56. The molecule has 2 aromatic carbocycles. The highest BCUT2D eigenvalue weighted by molar-refractivity contribution is 7.89. The highest BCUT2D eigenvalue weighted by atomic mass is 32.2. The Morgan fingerprint density at radius 1 is 0.905 bits per heavy atom. The predicted octanol–water partition coefficient (Wildman–Crippen LogP) is 4.66. The quantitative estimate of drug-likeness (QED) is 0.267. The molecule has 42 heavy (non-hydrogen) atoms. The summed E-state index contributed by atoms with van der Waals surface area (Å²) in [5.41, 5.74) is 1.94. The summed E-state index contributed by atoms with van der Waals surface area (Å²) in [5.74, 6) is 2.36. The number of hydrogen-bond donors (Lipinski definition) is 0. The van der Waals surface area contributed by atoms with Crippen LogP contribution >= 0.6 is 0 Å². The normalized spacial score (nSPS) is 14.2. The molecule has 1 fully saturated rings. The Morgan fingerprint density at radius 3 is 2.26 bits per heavy atom. The molecule has 1 aliphatic rings. The van der Waals surface area contributed by atoms with Gasteiger partial charge in [-0.05, 0) is 88.2 Å². The van der Waals surface area contributed by atoms with Gasteiger partial charge in [-0.2, -0.15) is 4.31 Å². The van der Waals surface area contributed by atoms with Crippen LogP contribution in [0.4, 0.5) is 0 Å². The fourth-order valence-corrected chi connectivity index (χ4v) is 6.56.